The number of aliphatic hydroxyl groups is 1. The second-order valence-corrected chi connectivity index (χ2v) is 6.97. The molecular weight excluding hydrogens is 366 g/mol. The number of aliphatic hydroxyl groups excluding tert-OH is 1. The molecule has 1 aliphatic heterocycles. The molecule has 148 valence electrons. The van der Waals surface area contributed by atoms with Crippen LogP contribution >= 0.6 is 0 Å². The number of nitrogens with zero attached hydrogens (tertiary/aromatic N) is 1. The Bertz CT molecular complexity index is 1080. The summed E-state index contributed by atoms with van der Waals surface area (Å²) in [7, 11) is 1.58. The molecule has 1 amide bonds. The molecule has 0 spiro atoms. The normalized spacial score (nSPS) is 14.0. The SMILES string of the molecule is CC=Cc1ccc(OCC(O)CN2C(=O)c3cccc4cccc2c34)c(OC)c1. The zero-order valence-electron chi connectivity index (χ0n) is 16.5. The van der Waals surface area contributed by atoms with Gasteiger partial charge in [0.2, 0.25) is 0 Å². The summed E-state index contributed by atoms with van der Waals surface area (Å²) < 4.78 is 11.2. The number of carbonyl (C=O) groups excluding carboxylic acids is 1. The first-order valence-electron chi connectivity index (χ1n) is 9.57. The number of allylic oxidation sites excluding steroid dienone is 1. The van der Waals surface area contributed by atoms with Crippen molar-refractivity contribution in [1.82, 2.24) is 0 Å². The van der Waals surface area contributed by atoms with Crippen molar-refractivity contribution in [3.05, 3.63) is 71.8 Å². The van der Waals surface area contributed by atoms with E-state index in [1.165, 1.54) is 0 Å². The van der Waals surface area contributed by atoms with Gasteiger partial charge in [0.25, 0.3) is 5.91 Å². The summed E-state index contributed by atoms with van der Waals surface area (Å²) in [5, 5.41) is 12.5. The lowest BCUT2D eigenvalue weighted by molar-refractivity contribution is 0.0909. The van der Waals surface area contributed by atoms with Crippen LogP contribution in [0.4, 0.5) is 5.69 Å². The monoisotopic (exact) mass is 389 g/mol. The van der Waals surface area contributed by atoms with Crippen molar-refractivity contribution >= 4 is 28.4 Å². The van der Waals surface area contributed by atoms with Crippen LogP contribution in [0.5, 0.6) is 11.5 Å². The molecule has 3 aromatic carbocycles. The first-order chi connectivity index (χ1) is 14.1. The molecule has 29 heavy (non-hydrogen) atoms. The van der Waals surface area contributed by atoms with Gasteiger partial charge in [0.15, 0.2) is 11.5 Å². The van der Waals surface area contributed by atoms with Crippen molar-refractivity contribution in [3.63, 3.8) is 0 Å². The maximum atomic E-state index is 12.8. The molecule has 0 aliphatic carbocycles. The fraction of sp³-hybridized carbons (Fsp3) is 0.208. The van der Waals surface area contributed by atoms with Crippen LogP contribution in [0.15, 0.2) is 60.7 Å². The average Bonchev–Trinajstić information content (AvgIpc) is 3.01. The fourth-order valence-electron chi connectivity index (χ4n) is 3.71. The first-order valence-corrected chi connectivity index (χ1v) is 9.57. The molecule has 3 aromatic rings. The molecule has 0 saturated carbocycles. The molecule has 0 radical (unpaired) electrons. The number of carbonyl (C=O) groups is 1. The number of benzene rings is 3. The first kappa shape index (κ1) is 19.0. The molecule has 5 nitrogen and oxygen atoms in total. The van der Waals surface area contributed by atoms with Crippen molar-refractivity contribution in [2.45, 2.75) is 13.0 Å². The molecular formula is C24H23NO4. The zero-order chi connectivity index (χ0) is 20.4. The van der Waals surface area contributed by atoms with E-state index in [9.17, 15) is 9.90 Å². The second kappa shape index (κ2) is 7.97. The quantitative estimate of drug-likeness (QED) is 0.655. The summed E-state index contributed by atoms with van der Waals surface area (Å²) in [6, 6.07) is 17.1. The number of hydrogen-bond donors (Lipinski definition) is 1. The summed E-state index contributed by atoms with van der Waals surface area (Å²) >= 11 is 0. The molecule has 4 rings (SSSR count). The Kier molecular flexibility index (Phi) is 5.23. The van der Waals surface area contributed by atoms with E-state index in [4.69, 9.17) is 9.47 Å². The highest BCUT2D eigenvalue weighted by Gasteiger charge is 2.30. The number of methoxy groups -OCH3 is 1. The number of hydrogen-bond acceptors (Lipinski definition) is 4. The molecule has 0 bridgehead atoms. The van der Waals surface area contributed by atoms with Gasteiger partial charge in [-0.3, -0.25) is 4.79 Å². The van der Waals surface area contributed by atoms with Gasteiger partial charge in [0.1, 0.15) is 12.7 Å². The van der Waals surface area contributed by atoms with Crippen molar-refractivity contribution in [2.24, 2.45) is 0 Å². The van der Waals surface area contributed by atoms with Crippen molar-refractivity contribution < 1.29 is 19.4 Å². The number of amides is 1. The lowest BCUT2D eigenvalue weighted by atomic mass is 10.1. The molecule has 5 heteroatoms. The third-order valence-electron chi connectivity index (χ3n) is 5.02. The van der Waals surface area contributed by atoms with Crippen molar-refractivity contribution in [2.75, 3.05) is 25.2 Å². The molecule has 1 unspecified atom stereocenters. The lowest BCUT2D eigenvalue weighted by Gasteiger charge is -2.22. The van der Waals surface area contributed by atoms with Crippen LogP contribution in [-0.4, -0.2) is 37.4 Å². The summed E-state index contributed by atoms with van der Waals surface area (Å²) in [6.45, 7) is 2.16. The van der Waals surface area contributed by atoms with Gasteiger partial charge in [0.05, 0.1) is 19.3 Å². The average molecular weight is 389 g/mol. The maximum Gasteiger partial charge on any atom is 0.259 e. The smallest absolute Gasteiger partial charge is 0.259 e. The van der Waals surface area contributed by atoms with Crippen LogP contribution in [0.2, 0.25) is 0 Å². The molecule has 1 heterocycles. The van der Waals surface area contributed by atoms with E-state index >= 15 is 0 Å². The zero-order valence-corrected chi connectivity index (χ0v) is 16.5. The van der Waals surface area contributed by atoms with Gasteiger partial charge in [-0.05, 0) is 42.1 Å². The summed E-state index contributed by atoms with van der Waals surface area (Å²) in [5.41, 5.74) is 2.51. The van der Waals surface area contributed by atoms with Gasteiger partial charge in [-0.15, -0.1) is 0 Å². The van der Waals surface area contributed by atoms with Gasteiger partial charge in [-0.25, -0.2) is 0 Å². The van der Waals surface area contributed by atoms with Gasteiger partial charge in [-0.1, -0.05) is 42.5 Å². The minimum absolute atomic E-state index is 0.0510. The van der Waals surface area contributed by atoms with Gasteiger partial charge in [-0.2, -0.15) is 0 Å². The van der Waals surface area contributed by atoms with Crippen molar-refractivity contribution in [1.29, 1.82) is 0 Å². The van der Waals surface area contributed by atoms with Crippen LogP contribution in [0, 0.1) is 0 Å². The Morgan fingerprint density at radius 1 is 1.10 bits per heavy atom. The Hall–Kier alpha value is -3.31. The second-order valence-electron chi connectivity index (χ2n) is 6.97. The van der Waals surface area contributed by atoms with Crippen LogP contribution in [-0.2, 0) is 0 Å². The Morgan fingerprint density at radius 3 is 2.66 bits per heavy atom. The van der Waals surface area contributed by atoms with Gasteiger partial charge in [0, 0.05) is 10.9 Å². The van der Waals surface area contributed by atoms with Gasteiger partial charge < -0.3 is 19.5 Å². The molecule has 0 saturated heterocycles. The largest absolute Gasteiger partial charge is 0.493 e. The van der Waals surface area contributed by atoms with E-state index in [1.54, 1.807) is 12.0 Å². The number of β-amino-alcohol motifs (C(OH)–C–C–N with tert-alkyl or cyclic N) is 1. The van der Waals surface area contributed by atoms with Crippen LogP contribution in [0.25, 0.3) is 16.8 Å². The minimum Gasteiger partial charge on any atom is -0.493 e. The van der Waals surface area contributed by atoms with Gasteiger partial charge >= 0.3 is 0 Å². The topological polar surface area (TPSA) is 59.0 Å². The van der Waals surface area contributed by atoms with Crippen LogP contribution < -0.4 is 14.4 Å². The predicted octanol–water partition coefficient (Wildman–Crippen LogP) is 4.28. The highest BCUT2D eigenvalue weighted by molar-refractivity contribution is 6.25. The Balaban J connectivity index is 1.47. The standard InChI is InChI=1S/C24H23NO4/c1-3-6-16-11-12-21(22(13-16)28-2)29-15-18(26)14-25-20-10-5-8-17-7-4-9-19(23(17)20)24(25)27/h3-13,18,26H,14-15H2,1-2H3. The lowest BCUT2D eigenvalue weighted by Crippen LogP contribution is -2.37. The van der Waals surface area contributed by atoms with E-state index in [0.717, 1.165) is 22.0 Å². The molecule has 1 aliphatic rings. The Morgan fingerprint density at radius 2 is 1.90 bits per heavy atom. The number of ether oxygens (including phenoxy) is 2. The fourth-order valence-corrected chi connectivity index (χ4v) is 3.71. The van der Waals surface area contributed by atoms with E-state index in [0.29, 0.717) is 17.1 Å². The van der Waals surface area contributed by atoms with E-state index < -0.39 is 6.10 Å². The third kappa shape index (κ3) is 3.57. The van der Waals surface area contributed by atoms with E-state index in [-0.39, 0.29) is 19.1 Å². The number of anilines is 1. The predicted molar refractivity (Wildman–Crippen MR) is 115 cm³/mol. The minimum atomic E-state index is -0.844. The third-order valence-corrected chi connectivity index (χ3v) is 5.02. The summed E-state index contributed by atoms with van der Waals surface area (Å²) in [4.78, 5) is 14.5. The highest BCUT2D eigenvalue weighted by atomic mass is 16.5. The molecule has 0 fully saturated rings. The molecule has 1 atom stereocenters. The summed E-state index contributed by atoms with van der Waals surface area (Å²) in [6.07, 6.45) is 3.08. The van der Waals surface area contributed by atoms with Crippen LogP contribution in [0.1, 0.15) is 22.8 Å². The number of rotatable bonds is 7. The van der Waals surface area contributed by atoms with E-state index in [1.807, 2.05) is 73.7 Å². The van der Waals surface area contributed by atoms with E-state index in [2.05, 4.69) is 0 Å². The highest BCUT2D eigenvalue weighted by Crippen LogP contribution is 2.37. The molecule has 0 aromatic heterocycles. The Labute approximate surface area is 169 Å². The maximum absolute atomic E-state index is 12.8. The summed E-state index contributed by atoms with van der Waals surface area (Å²) in [5.74, 6) is 1.06. The van der Waals surface area contributed by atoms with Crippen molar-refractivity contribution in [3.8, 4) is 11.5 Å². The van der Waals surface area contributed by atoms with Crippen LogP contribution in [0.3, 0.4) is 0 Å². The molecule has 1 N–H and O–H groups in total.